The number of aromatic nitrogens is 2. The molecule has 0 amide bonds. The number of imidazole rings is 1. The van der Waals surface area contributed by atoms with Crippen molar-refractivity contribution in [2.24, 2.45) is 5.14 Å². The van der Waals surface area contributed by atoms with E-state index in [1.165, 1.54) is 11.3 Å². The van der Waals surface area contributed by atoms with Gasteiger partial charge in [-0.2, -0.15) is 8.42 Å². The van der Waals surface area contributed by atoms with Gasteiger partial charge < -0.3 is 0 Å². The van der Waals surface area contributed by atoms with Crippen molar-refractivity contribution in [3.8, 4) is 0 Å². The predicted octanol–water partition coefficient (Wildman–Crippen LogP) is 0.424. The standard InChI is InChI=1S/C7H9N3O3S2/c1-5-6(4-13-15(8,11)12)10-2-3-14-7(10)9-5/h2-3H,4H2,1H3,(H2,8,11,12). The number of thiazole rings is 1. The van der Waals surface area contributed by atoms with Crippen LogP contribution >= 0.6 is 11.3 Å². The zero-order chi connectivity index (χ0) is 11.1. The molecule has 0 saturated carbocycles. The van der Waals surface area contributed by atoms with Gasteiger partial charge in [0.1, 0.15) is 6.61 Å². The van der Waals surface area contributed by atoms with Crippen molar-refractivity contribution in [3.63, 3.8) is 0 Å². The van der Waals surface area contributed by atoms with E-state index in [2.05, 4.69) is 9.17 Å². The van der Waals surface area contributed by atoms with Gasteiger partial charge in [-0.1, -0.05) is 0 Å². The van der Waals surface area contributed by atoms with E-state index in [1.54, 1.807) is 11.3 Å². The molecule has 15 heavy (non-hydrogen) atoms. The largest absolute Gasteiger partial charge is 0.333 e. The Morgan fingerprint density at radius 1 is 1.67 bits per heavy atom. The van der Waals surface area contributed by atoms with Crippen LogP contribution in [0.4, 0.5) is 0 Å². The first-order valence-electron chi connectivity index (χ1n) is 4.05. The maximum absolute atomic E-state index is 10.6. The Balaban J connectivity index is 2.34. The number of hydrogen-bond acceptors (Lipinski definition) is 5. The molecule has 0 aliphatic carbocycles. The first kappa shape index (κ1) is 10.6. The molecule has 2 aromatic heterocycles. The van der Waals surface area contributed by atoms with Crippen molar-refractivity contribution in [1.82, 2.24) is 9.38 Å². The Morgan fingerprint density at radius 3 is 3.07 bits per heavy atom. The van der Waals surface area contributed by atoms with Gasteiger partial charge in [-0.05, 0) is 6.92 Å². The third-order valence-corrected chi connectivity index (χ3v) is 3.12. The van der Waals surface area contributed by atoms with E-state index in [1.807, 2.05) is 11.6 Å². The monoisotopic (exact) mass is 247 g/mol. The molecule has 0 unspecified atom stereocenters. The molecule has 2 rings (SSSR count). The van der Waals surface area contributed by atoms with Crippen LogP contribution in [-0.4, -0.2) is 17.8 Å². The summed E-state index contributed by atoms with van der Waals surface area (Å²) in [6.45, 7) is 1.70. The van der Waals surface area contributed by atoms with E-state index in [0.29, 0.717) is 5.69 Å². The first-order chi connectivity index (χ1) is 6.97. The lowest BCUT2D eigenvalue weighted by atomic mass is 10.4. The molecule has 0 saturated heterocycles. The highest BCUT2D eigenvalue weighted by Crippen LogP contribution is 2.17. The quantitative estimate of drug-likeness (QED) is 0.851. The second kappa shape index (κ2) is 3.56. The van der Waals surface area contributed by atoms with Crippen LogP contribution in [-0.2, 0) is 21.1 Å². The minimum atomic E-state index is -3.91. The molecule has 0 bridgehead atoms. The van der Waals surface area contributed by atoms with Crippen LogP contribution in [0.3, 0.4) is 0 Å². The van der Waals surface area contributed by atoms with Crippen LogP contribution < -0.4 is 5.14 Å². The van der Waals surface area contributed by atoms with Gasteiger partial charge in [-0.3, -0.25) is 8.58 Å². The highest BCUT2D eigenvalue weighted by molar-refractivity contribution is 7.84. The van der Waals surface area contributed by atoms with Crippen LogP contribution in [0, 0.1) is 6.92 Å². The zero-order valence-electron chi connectivity index (χ0n) is 7.87. The summed E-state index contributed by atoms with van der Waals surface area (Å²) in [4.78, 5) is 5.05. The van der Waals surface area contributed by atoms with Crippen LogP contribution in [0.5, 0.6) is 0 Å². The Kier molecular flexibility index (Phi) is 2.51. The smallest absolute Gasteiger partial charge is 0.292 e. The lowest BCUT2D eigenvalue weighted by Gasteiger charge is -2.00. The summed E-state index contributed by atoms with van der Waals surface area (Å²) >= 11 is 1.47. The molecule has 0 atom stereocenters. The lowest BCUT2D eigenvalue weighted by Crippen LogP contribution is -2.16. The molecule has 0 aliphatic rings. The fourth-order valence-corrected chi connectivity index (χ4v) is 2.31. The molecule has 82 valence electrons. The molecule has 0 spiro atoms. The van der Waals surface area contributed by atoms with E-state index in [0.717, 1.165) is 10.7 Å². The number of hydrogen-bond donors (Lipinski definition) is 1. The Morgan fingerprint density at radius 2 is 2.40 bits per heavy atom. The van der Waals surface area contributed by atoms with E-state index < -0.39 is 10.3 Å². The molecule has 6 nitrogen and oxygen atoms in total. The number of rotatable bonds is 3. The molecule has 2 aromatic rings. The summed E-state index contributed by atoms with van der Waals surface area (Å²) in [7, 11) is -3.91. The topological polar surface area (TPSA) is 86.7 Å². The van der Waals surface area contributed by atoms with Crippen molar-refractivity contribution in [2.75, 3.05) is 0 Å². The van der Waals surface area contributed by atoms with E-state index in [9.17, 15) is 8.42 Å². The Labute approximate surface area is 90.6 Å². The third kappa shape index (κ3) is 2.17. The van der Waals surface area contributed by atoms with Gasteiger partial charge in [0, 0.05) is 11.6 Å². The fourth-order valence-electron chi connectivity index (χ4n) is 1.25. The second-order valence-electron chi connectivity index (χ2n) is 2.95. The molecular weight excluding hydrogens is 238 g/mol. The average Bonchev–Trinajstić information content (AvgIpc) is 2.60. The lowest BCUT2D eigenvalue weighted by molar-refractivity contribution is 0.302. The summed E-state index contributed by atoms with van der Waals surface area (Å²) in [6, 6.07) is 0. The summed E-state index contributed by atoms with van der Waals surface area (Å²) in [5.41, 5.74) is 1.44. The van der Waals surface area contributed by atoms with E-state index in [4.69, 9.17) is 5.14 Å². The molecule has 8 heteroatoms. The highest BCUT2D eigenvalue weighted by atomic mass is 32.2. The van der Waals surface area contributed by atoms with E-state index >= 15 is 0 Å². The number of fused-ring (bicyclic) bond motifs is 1. The molecule has 0 radical (unpaired) electrons. The second-order valence-corrected chi connectivity index (χ2v) is 5.05. The van der Waals surface area contributed by atoms with Crippen LogP contribution in [0.25, 0.3) is 4.96 Å². The Hall–Kier alpha value is -0.960. The van der Waals surface area contributed by atoms with Gasteiger partial charge in [0.25, 0.3) is 0 Å². The summed E-state index contributed by atoms with van der Waals surface area (Å²) < 4.78 is 27.6. The van der Waals surface area contributed by atoms with Crippen LogP contribution in [0.15, 0.2) is 11.6 Å². The van der Waals surface area contributed by atoms with Gasteiger partial charge >= 0.3 is 10.3 Å². The fraction of sp³-hybridized carbons (Fsp3) is 0.286. The van der Waals surface area contributed by atoms with Crippen molar-refractivity contribution in [1.29, 1.82) is 0 Å². The molecule has 2 heterocycles. The van der Waals surface area contributed by atoms with Crippen molar-refractivity contribution in [3.05, 3.63) is 23.0 Å². The van der Waals surface area contributed by atoms with Gasteiger partial charge in [-0.25, -0.2) is 10.1 Å². The minimum Gasteiger partial charge on any atom is -0.292 e. The summed E-state index contributed by atoms with van der Waals surface area (Å²) in [5.74, 6) is 0. The normalized spacial score (nSPS) is 12.4. The first-order valence-corrected chi connectivity index (χ1v) is 6.40. The van der Waals surface area contributed by atoms with Crippen LogP contribution in [0.1, 0.15) is 11.4 Å². The maximum atomic E-state index is 10.6. The highest BCUT2D eigenvalue weighted by Gasteiger charge is 2.12. The molecule has 0 aliphatic heterocycles. The average molecular weight is 247 g/mol. The summed E-state index contributed by atoms with van der Waals surface area (Å²) in [5, 5.41) is 6.61. The molecule has 2 N–H and O–H groups in total. The maximum Gasteiger partial charge on any atom is 0.333 e. The van der Waals surface area contributed by atoms with Crippen molar-refractivity contribution < 1.29 is 12.6 Å². The predicted molar refractivity (Wildman–Crippen MR) is 55.7 cm³/mol. The molecule has 0 aromatic carbocycles. The van der Waals surface area contributed by atoms with Crippen LogP contribution in [0.2, 0.25) is 0 Å². The van der Waals surface area contributed by atoms with Gasteiger partial charge in [0.15, 0.2) is 4.96 Å². The number of aryl methyl sites for hydroxylation is 1. The van der Waals surface area contributed by atoms with Gasteiger partial charge in [0.2, 0.25) is 0 Å². The number of nitrogens with zero attached hydrogens (tertiary/aromatic N) is 2. The summed E-state index contributed by atoms with van der Waals surface area (Å²) in [6.07, 6.45) is 1.81. The van der Waals surface area contributed by atoms with Crippen molar-refractivity contribution >= 4 is 26.6 Å². The Bertz CT molecular complexity index is 584. The van der Waals surface area contributed by atoms with E-state index in [-0.39, 0.29) is 6.61 Å². The minimum absolute atomic E-state index is 0.0947. The zero-order valence-corrected chi connectivity index (χ0v) is 9.51. The SMILES string of the molecule is Cc1nc2sccn2c1COS(N)(=O)=O. The van der Waals surface area contributed by atoms with Gasteiger partial charge in [-0.15, -0.1) is 11.3 Å². The molecular formula is C7H9N3O3S2. The molecule has 0 fully saturated rings. The van der Waals surface area contributed by atoms with Crippen molar-refractivity contribution in [2.45, 2.75) is 13.5 Å². The van der Waals surface area contributed by atoms with Gasteiger partial charge in [0.05, 0.1) is 11.4 Å². The number of nitrogens with two attached hydrogens (primary N) is 1. The third-order valence-electron chi connectivity index (χ3n) is 1.92.